The fourth-order valence-electron chi connectivity index (χ4n) is 2.27. The van der Waals surface area contributed by atoms with Crippen LogP contribution in [0.2, 0.25) is 0 Å². The fourth-order valence-corrected chi connectivity index (χ4v) is 3.61. The molecule has 1 atom stereocenters. The van der Waals surface area contributed by atoms with Gasteiger partial charge in [-0.25, -0.2) is 0 Å². The van der Waals surface area contributed by atoms with Crippen LogP contribution in [0.1, 0.15) is 32.3 Å². The zero-order valence-corrected chi connectivity index (χ0v) is 12.2. The summed E-state index contributed by atoms with van der Waals surface area (Å²) in [6, 6.07) is 9.61. The summed E-state index contributed by atoms with van der Waals surface area (Å²) in [5, 5.41) is 13.7. The van der Waals surface area contributed by atoms with Crippen molar-refractivity contribution in [3.05, 3.63) is 29.8 Å². The highest BCUT2D eigenvalue weighted by atomic mass is 32.2. The first-order valence-corrected chi connectivity index (χ1v) is 7.63. The number of rotatable bonds is 4. The van der Waals surface area contributed by atoms with Crippen LogP contribution in [0.3, 0.4) is 0 Å². The second kappa shape index (κ2) is 6.63. The molecule has 4 heteroatoms. The van der Waals surface area contributed by atoms with Crippen molar-refractivity contribution in [1.29, 1.82) is 5.26 Å². The Hall–Kier alpha value is -1.47. The molecule has 0 saturated heterocycles. The molecule has 0 radical (unpaired) electrons. The maximum Gasteiger partial charge on any atom is 0.161 e. The normalized spacial score (nSPS) is 18.2. The van der Waals surface area contributed by atoms with E-state index in [1.165, 1.54) is 12.8 Å². The van der Waals surface area contributed by atoms with E-state index in [0.29, 0.717) is 10.8 Å². The van der Waals surface area contributed by atoms with E-state index in [1.54, 1.807) is 0 Å². The van der Waals surface area contributed by atoms with E-state index in [1.807, 2.05) is 36.0 Å². The molecular formula is C15H19N3S. The number of nitriles is 1. The van der Waals surface area contributed by atoms with Crippen molar-refractivity contribution < 1.29 is 0 Å². The van der Waals surface area contributed by atoms with E-state index < -0.39 is 0 Å². The molecule has 3 nitrogen and oxygen atoms in total. The average Bonchev–Trinajstić information content (AvgIpc) is 2.89. The highest BCUT2D eigenvalue weighted by Crippen LogP contribution is 2.31. The van der Waals surface area contributed by atoms with Gasteiger partial charge in [-0.2, -0.15) is 5.26 Å². The van der Waals surface area contributed by atoms with Crippen LogP contribution in [0.5, 0.6) is 0 Å². The highest BCUT2D eigenvalue weighted by Gasteiger charge is 2.25. The molecule has 1 aliphatic rings. The first-order chi connectivity index (χ1) is 9.26. The average molecular weight is 273 g/mol. The number of thioether (sulfide) groups is 1. The van der Waals surface area contributed by atoms with Crippen molar-refractivity contribution in [2.24, 2.45) is 10.9 Å². The van der Waals surface area contributed by atoms with Crippen molar-refractivity contribution in [2.75, 3.05) is 11.9 Å². The summed E-state index contributed by atoms with van der Waals surface area (Å²) in [6.45, 7) is 5.41. The van der Waals surface area contributed by atoms with Gasteiger partial charge < -0.3 is 5.32 Å². The molecule has 0 aromatic heterocycles. The Labute approximate surface area is 119 Å². The SMILES string of the molecule is CCC(CC)C1CN=C(Nc2ccc(C#N)cc2)S1. The van der Waals surface area contributed by atoms with Crippen LogP contribution >= 0.6 is 11.8 Å². The van der Waals surface area contributed by atoms with E-state index in [-0.39, 0.29) is 0 Å². The van der Waals surface area contributed by atoms with Gasteiger partial charge in [-0.05, 0) is 30.2 Å². The smallest absolute Gasteiger partial charge is 0.161 e. The van der Waals surface area contributed by atoms with Crippen molar-refractivity contribution >= 4 is 22.6 Å². The third-order valence-electron chi connectivity index (χ3n) is 3.52. The van der Waals surface area contributed by atoms with Crippen molar-refractivity contribution in [3.8, 4) is 6.07 Å². The Morgan fingerprint density at radius 3 is 2.63 bits per heavy atom. The summed E-state index contributed by atoms with van der Waals surface area (Å²) in [5.74, 6) is 0.744. The molecule has 1 aromatic carbocycles. The molecule has 1 aromatic rings. The number of benzene rings is 1. The first-order valence-electron chi connectivity index (χ1n) is 6.75. The Balaban J connectivity index is 1.92. The molecular weight excluding hydrogens is 254 g/mol. The topological polar surface area (TPSA) is 48.2 Å². The molecule has 0 aliphatic carbocycles. The van der Waals surface area contributed by atoms with Gasteiger partial charge >= 0.3 is 0 Å². The fraction of sp³-hybridized carbons (Fsp3) is 0.467. The van der Waals surface area contributed by atoms with Crippen molar-refractivity contribution in [2.45, 2.75) is 31.9 Å². The highest BCUT2D eigenvalue weighted by molar-refractivity contribution is 8.15. The summed E-state index contributed by atoms with van der Waals surface area (Å²) in [4.78, 5) is 4.58. The second-order valence-corrected chi connectivity index (χ2v) is 5.92. The van der Waals surface area contributed by atoms with Crippen LogP contribution in [0.15, 0.2) is 29.3 Å². The minimum Gasteiger partial charge on any atom is -0.335 e. The minimum atomic E-state index is 0.607. The molecule has 1 aliphatic heterocycles. The van der Waals surface area contributed by atoms with Crippen LogP contribution in [0.4, 0.5) is 5.69 Å². The number of anilines is 1. The van der Waals surface area contributed by atoms with Gasteiger partial charge in [0.1, 0.15) is 0 Å². The summed E-state index contributed by atoms with van der Waals surface area (Å²) in [5.41, 5.74) is 1.68. The number of hydrogen-bond donors (Lipinski definition) is 1. The zero-order chi connectivity index (χ0) is 13.7. The minimum absolute atomic E-state index is 0.607. The third-order valence-corrected chi connectivity index (χ3v) is 4.81. The van der Waals surface area contributed by atoms with Gasteiger partial charge in [-0.1, -0.05) is 38.5 Å². The Bertz CT molecular complexity index is 483. The number of aliphatic imine (C=N–C) groups is 1. The summed E-state index contributed by atoms with van der Waals surface area (Å²) >= 11 is 1.85. The molecule has 0 bridgehead atoms. The molecule has 2 rings (SSSR count). The van der Waals surface area contributed by atoms with Crippen LogP contribution in [0.25, 0.3) is 0 Å². The second-order valence-electron chi connectivity index (χ2n) is 4.69. The lowest BCUT2D eigenvalue weighted by Crippen LogP contribution is -2.17. The van der Waals surface area contributed by atoms with Gasteiger partial charge in [0.25, 0.3) is 0 Å². The standard InChI is InChI=1S/C15H19N3S/c1-3-12(4-2)14-10-17-15(19-14)18-13-7-5-11(9-16)6-8-13/h5-8,12,14H,3-4,10H2,1-2H3,(H,17,18). The quantitative estimate of drug-likeness (QED) is 0.905. The monoisotopic (exact) mass is 273 g/mol. The summed E-state index contributed by atoms with van der Waals surface area (Å²) < 4.78 is 0. The Morgan fingerprint density at radius 2 is 2.05 bits per heavy atom. The third kappa shape index (κ3) is 3.51. The lowest BCUT2D eigenvalue weighted by Gasteiger charge is -2.18. The van der Waals surface area contributed by atoms with Gasteiger partial charge in [0.15, 0.2) is 5.17 Å². The number of amidine groups is 1. The van der Waals surface area contributed by atoms with E-state index in [2.05, 4.69) is 30.2 Å². The number of nitrogens with zero attached hydrogens (tertiary/aromatic N) is 2. The number of nitrogens with one attached hydrogen (secondary N) is 1. The lowest BCUT2D eigenvalue weighted by molar-refractivity contribution is 0.479. The molecule has 1 heterocycles. The first kappa shape index (κ1) is 14.0. The van der Waals surface area contributed by atoms with E-state index >= 15 is 0 Å². The molecule has 0 spiro atoms. The molecule has 0 amide bonds. The largest absolute Gasteiger partial charge is 0.335 e. The Morgan fingerprint density at radius 1 is 1.37 bits per heavy atom. The summed E-state index contributed by atoms with van der Waals surface area (Å²) in [6.07, 6.45) is 2.43. The van der Waals surface area contributed by atoms with Crippen LogP contribution in [-0.2, 0) is 0 Å². The molecule has 1 unspecified atom stereocenters. The summed E-state index contributed by atoms with van der Waals surface area (Å²) in [7, 11) is 0. The lowest BCUT2D eigenvalue weighted by atomic mass is 9.99. The molecule has 19 heavy (non-hydrogen) atoms. The van der Waals surface area contributed by atoms with E-state index in [9.17, 15) is 0 Å². The molecule has 1 N–H and O–H groups in total. The van der Waals surface area contributed by atoms with E-state index in [4.69, 9.17) is 5.26 Å². The van der Waals surface area contributed by atoms with Gasteiger partial charge in [-0.3, -0.25) is 4.99 Å². The Kier molecular flexibility index (Phi) is 4.86. The van der Waals surface area contributed by atoms with Gasteiger partial charge in [-0.15, -0.1) is 0 Å². The maximum absolute atomic E-state index is 8.76. The predicted molar refractivity (Wildman–Crippen MR) is 82.5 cm³/mol. The van der Waals surface area contributed by atoms with E-state index in [0.717, 1.165) is 23.3 Å². The van der Waals surface area contributed by atoms with Gasteiger partial charge in [0.05, 0.1) is 18.2 Å². The van der Waals surface area contributed by atoms with Crippen LogP contribution in [0, 0.1) is 17.2 Å². The molecule has 0 saturated carbocycles. The van der Waals surface area contributed by atoms with Gasteiger partial charge in [0, 0.05) is 10.9 Å². The van der Waals surface area contributed by atoms with Crippen LogP contribution in [-0.4, -0.2) is 17.0 Å². The van der Waals surface area contributed by atoms with Crippen molar-refractivity contribution in [1.82, 2.24) is 0 Å². The maximum atomic E-state index is 8.76. The van der Waals surface area contributed by atoms with Crippen LogP contribution < -0.4 is 5.32 Å². The van der Waals surface area contributed by atoms with Gasteiger partial charge in [0.2, 0.25) is 0 Å². The molecule has 100 valence electrons. The predicted octanol–water partition coefficient (Wildman–Crippen LogP) is 3.88. The zero-order valence-electron chi connectivity index (χ0n) is 11.4. The molecule has 0 fully saturated rings. The number of hydrogen-bond acceptors (Lipinski definition) is 4. The van der Waals surface area contributed by atoms with Crippen molar-refractivity contribution in [3.63, 3.8) is 0 Å².